The van der Waals surface area contributed by atoms with Crippen molar-refractivity contribution >= 4 is 11.6 Å². The fourth-order valence-electron chi connectivity index (χ4n) is 3.64. The SMILES string of the molecule is O=C(CC(c1ccccc1)c1ccccc1)Nc1ccc(Cc2ccncc2)cc1. The van der Waals surface area contributed by atoms with Crippen LogP contribution in [0.2, 0.25) is 0 Å². The molecule has 3 heteroatoms. The lowest BCUT2D eigenvalue weighted by Crippen LogP contribution is -2.16. The predicted octanol–water partition coefficient (Wildman–Crippen LogP) is 5.83. The number of rotatable bonds is 7. The Balaban J connectivity index is 1.43. The quantitative estimate of drug-likeness (QED) is 0.430. The maximum atomic E-state index is 12.8. The van der Waals surface area contributed by atoms with E-state index in [-0.39, 0.29) is 11.8 Å². The van der Waals surface area contributed by atoms with Crippen LogP contribution in [0.1, 0.15) is 34.6 Å². The number of nitrogens with zero attached hydrogens (tertiary/aromatic N) is 1. The van der Waals surface area contributed by atoms with Gasteiger partial charge in [0.2, 0.25) is 5.91 Å². The van der Waals surface area contributed by atoms with Crippen molar-refractivity contribution < 1.29 is 4.79 Å². The standard InChI is InChI=1S/C27H24N2O/c30-27(20-26(23-7-3-1-4-8-23)24-9-5-2-6-10-24)29-25-13-11-21(12-14-25)19-22-15-17-28-18-16-22/h1-18,26H,19-20H2,(H,29,30). The molecule has 30 heavy (non-hydrogen) atoms. The van der Waals surface area contributed by atoms with Crippen LogP contribution in [0, 0.1) is 0 Å². The molecule has 0 aliphatic rings. The van der Waals surface area contributed by atoms with Gasteiger partial charge in [0, 0.05) is 30.4 Å². The Morgan fingerprint density at radius 3 is 1.80 bits per heavy atom. The minimum Gasteiger partial charge on any atom is -0.326 e. The summed E-state index contributed by atoms with van der Waals surface area (Å²) in [5.41, 5.74) is 5.53. The van der Waals surface area contributed by atoms with Gasteiger partial charge in [-0.15, -0.1) is 0 Å². The third kappa shape index (κ3) is 5.21. The highest BCUT2D eigenvalue weighted by Crippen LogP contribution is 2.28. The van der Waals surface area contributed by atoms with E-state index in [2.05, 4.69) is 46.7 Å². The Bertz CT molecular complexity index is 1020. The monoisotopic (exact) mass is 392 g/mol. The number of aromatic nitrogens is 1. The second kappa shape index (κ2) is 9.66. The molecule has 0 saturated carbocycles. The van der Waals surface area contributed by atoms with E-state index < -0.39 is 0 Å². The molecule has 4 aromatic rings. The summed E-state index contributed by atoms with van der Waals surface area (Å²) in [6.45, 7) is 0. The first-order valence-electron chi connectivity index (χ1n) is 10.2. The van der Waals surface area contributed by atoms with Crippen LogP contribution in [0.15, 0.2) is 109 Å². The molecule has 0 spiro atoms. The van der Waals surface area contributed by atoms with Gasteiger partial charge in [-0.25, -0.2) is 0 Å². The Morgan fingerprint density at radius 1 is 0.700 bits per heavy atom. The van der Waals surface area contributed by atoms with Gasteiger partial charge in [-0.3, -0.25) is 9.78 Å². The molecule has 0 fully saturated rings. The molecule has 1 heterocycles. The molecule has 0 saturated heterocycles. The van der Waals surface area contributed by atoms with Crippen LogP contribution in [0.4, 0.5) is 5.69 Å². The largest absolute Gasteiger partial charge is 0.326 e. The summed E-state index contributed by atoms with van der Waals surface area (Å²) in [4.78, 5) is 16.9. The first kappa shape index (κ1) is 19.6. The zero-order valence-corrected chi connectivity index (χ0v) is 16.7. The highest BCUT2D eigenvalue weighted by molar-refractivity contribution is 5.91. The molecule has 0 bridgehead atoms. The van der Waals surface area contributed by atoms with E-state index >= 15 is 0 Å². The van der Waals surface area contributed by atoms with Gasteiger partial charge in [0.15, 0.2) is 0 Å². The molecule has 3 aromatic carbocycles. The maximum absolute atomic E-state index is 12.8. The maximum Gasteiger partial charge on any atom is 0.225 e. The van der Waals surface area contributed by atoms with Crippen molar-refractivity contribution in [3.8, 4) is 0 Å². The molecule has 0 aliphatic carbocycles. The molecule has 1 amide bonds. The molecule has 0 aliphatic heterocycles. The number of nitrogens with one attached hydrogen (secondary N) is 1. The average Bonchev–Trinajstić information content (AvgIpc) is 2.81. The van der Waals surface area contributed by atoms with Crippen LogP contribution in [-0.4, -0.2) is 10.9 Å². The summed E-state index contributed by atoms with van der Waals surface area (Å²) in [5, 5.41) is 3.05. The first-order valence-corrected chi connectivity index (χ1v) is 10.2. The number of hydrogen-bond acceptors (Lipinski definition) is 2. The van der Waals surface area contributed by atoms with Crippen molar-refractivity contribution in [1.29, 1.82) is 0 Å². The van der Waals surface area contributed by atoms with Gasteiger partial charge in [0.05, 0.1) is 0 Å². The predicted molar refractivity (Wildman–Crippen MR) is 121 cm³/mol. The van der Waals surface area contributed by atoms with Crippen LogP contribution in [0.5, 0.6) is 0 Å². The highest BCUT2D eigenvalue weighted by atomic mass is 16.1. The number of hydrogen-bond donors (Lipinski definition) is 1. The van der Waals surface area contributed by atoms with Gasteiger partial charge >= 0.3 is 0 Å². The molecule has 3 nitrogen and oxygen atoms in total. The van der Waals surface area contributed by atoms with E-state index in [1.54, 1.807) is 12.4 Å². The Kier molecular flexibility index (Phi) is 6.31. The number of benzene rings is 3. The van der Waals surface area contributed by atoms with E-state index in [0.717, 1.165) is 23.2 Å². The van der Waals surface area contributed by atoms with E-state index in [9.17, 15) is 4.79 Å². The van der Waals surface area contributed by atoms with E-state index in [0.29, 0.717) is 6.42 Å². The summed E-state index contributed by atoms with van der Waals surface area (Å²) in [5.74, 6) is 0.0351. The van der Waals surface area contributed by atoms with Crippen molar-refractivity contribution in [2.75, 3.05) is 5.32 Å². The molecule has 0 unspecified atom stereocenters. The minimum absolute atomic E-state index is 0.00888. The summed E-state index contributed by atoms with van der Waals surface area (Å²) in [7, 11) is 0. The van der Waals surface area contributed by atoms with Crippen LogP contribution in [0.3, 0.4) is 0 Å². The fourth-order valence-corrected chi connectivity index (χ4v) is 3.64. The van der Waals surface area contributed by atoms with Crippen molar-refractivity contribution in [2.24, 2.45) is 0 Å². The first-order chi connectivity index (χ1) is 14.8. The van der Waals surface area contributed by atoms with Gasteiger partial charge in [0.1, 0.15) is 0 Å². The van der Waals surface area contributed by atoms with Gasteiger partial charge < -0.3 is 5.32 Å². The molecule has 1 aromatic heterocycles. The fraction of sp³-hybridized carbons (Fsp3) is 0.111. The topological polar surface area (TPSA) is 42.0 Å². The normalized spacial score (nSPS) is 10.7. The van der Waals surface area contributed by atoms with Crippen LogP contribution < -0.4 is 5.32 Å². The van der Waals surface area contributed by atoms with Gasteiger partial charge in [-0.1, -0.05) is 72.8 Å². The van der Waals surface area contributed by atoms with Gasteiger partial charge in [-0.2, -0.15) is 0 Å². The molecule has 1 N–H and O–H groups in total. The van der Waals surface area contributed by atoms with Crippen molar-refractivity contribution in [1.82, 2.24) is 4.98 Å². The molecular formula is C27H24N2O. The third-order valence-corrected chi connectivity index (χ3v) is 5.19. The lowest BCUT2D eigenvalue weighted by atomic mass is 9.88. The van der Waals surface area contributed by atoms with E-state index in [1.807, 2.05) is 60.7 Å². The molecular weight excluding hydrogens is 368 g/mol. The summed E-state index contributed by atoms with van der Waals surface area (Å²) in [6.07, 6.45) is 4.85. The highest BCUT2D eigenvalue weighted by Gasteiger charge is 2.18. The number of carbonyl (C=O) groups excluding carboxylic acids is 1. The van der Waals surface area contributed by atoms with E-state index in [1.165, 1.54) is 11.1 Å². The zero-order chi connectivity index (χ0) is 20.6. The summed E-state index contributed by atoms with van der Waals surface area (Å²) < 4.78 is 0. The lowest BCUT2D eigenvalue weighted by molar-refractivity contribution is -0.116. The second-order valence-electron chi connectivity index (χ2n) is 7.36. The van der Waals surface area contributed by atoms with Crippen molar-refractivity contribution in [3.63, 3.8) is 0 Å². The smallest absolute Gasteiger partial charge is 0.225 e. The van der Waals surface area contributed by atoms with Gasteiger partial charge in [0.25, 0.3) is 0 Å². The Morgan fingerprint density at radius 2 is 1.23 bits per heavy atom. The molecule has 0 atom stereocenters. The van der Waals surface area contributed by atoms with Crippen LogP contribution in [-0.2, 0) is 11.2 Å². The Hall–Kier alpha value is -3.72. The Labute approximate surface area is 177 Å². The third-order valence-electron chi connectivity index (χ3n) is 5.19. The number of pyridine rings is 1. The summed E-state index contributed by atoms with van der Waals surface area (Å²) >= 11 is 0. The van der Waals surface area contributed by atoms with Crippen LogP contribution >= 0.6 is 0 Å². The lowest BCUT2D eigenvalue weighted by Gasteiger charge is -2.18. The van der Waals surface area contributed by atoms with Crippen molar-refractivity contribution in [3.05, 3.63) is 132 Å². The number of amides is 1. The molecule has 0 radical (unpaired) electrons. The number of carbonyl (C=O) groups is 1. The number of anilines is 1. The van der Waals surface area contributed by atoms with Crippen molar-refractivity contribution in [2.45, 2.75) is 18.8 Å². The molecule has 4 rings (SSSR count). The second-order valence-corrected chi connectivity index (χ2v) is 7.36. The summed E-state index contributed by atoms with van der Waals surface area (Å²) in [6, 6.07) is 32.5. The van der Waals surface area contributed by atoms with E-state index in [4.69, 9.17) is 0 Å². The van der Waals surface area contributed by atoms with Crippen LogP contribution in [0.25, 0.3) is 0 Å². The molecule has 148 valence electrons. The average molecular weight is 393 g/mol. The minimum atomic E-state index is 0.00888. The van der Waals surface area contributed by atoms with Gasteiger partial charge in [-0.05, 0) is 52.9 Å². The zero-order valence-electron chi connectivity index (χ0n) is 16.7.